The van der Waals surface area contributed by atoms with Crippen LogP contribution in [0, 0.1) is 0 Å². The largest absolute Gasteiger partial charge is 0.493 e. The van der Waals surface area contributed by atoms with Gasteiger partial charge in [0.2, 0.25) is 0 Å². The minimum Gasteiger partial charge on any atom is -0.493 e. The summed E-state index contributed by atoms with van der Waals surface area (Å²) in [6, 6.07) is 3.42. The number of benzene rings is 1. The third kappa shape index (κ3) is 3.27. The molecule has 0 aliphatic heterocycles. The van der Waals surface area contributed by atoms with Crippen molar-refractivity contribution in [1.82, 2.24) is 0 Å². The van der Waals surface area contributed by atoms with Gasteiger partial charge in [-0.15, -0.1) is 0 Å². The lowest BCUT2D eigenvalue weighted by molar-refractivity contribution is 0.227. The molecule has 0 saturated heterocycles. The Morgan fingerprint density at radius 3 is 2.75 bits per heavy atom. The van der Waals surface area contributed by atoms with Crippen LogP contribution in [0.15, 0.2) is 12.1 Å². The van der Waals surface area contributed by atoms with Gasteiger partial charge in [-0.2, -0.15) is 0 Å². The zero-order valence-electron chi connectivity index (χ0n) is 9.20. The number of hydrogen-bond donors (Lipinski definition) is 2. The van der Waals surface area contributed by atoms with E-state index in [-0.39, 0.29) is 6.61 Å². The van der Waals surface area contributed by atoms with Gasteiger partial charge >= 0.3 is 0 Å². The maximum atomic E-state index is 8.68. The highest BCUT2D eigenvalue weighted by molar-refractivity contribution is 6.30. The van der Waals surface area contributed by atoms with Crippen molar-refractivity contribution >= 4 is 11.6 Å². The van der Waals surface area contributed by atoms with Crippen molar-refractivity contribution < 1.29 is 14.6 Å². The van der Waals surface area contributed by atoms with Crippen molar-refractivity contribution in [2.24, 2.45) is 5.73 Å². The SMILES string of the molecule is COc1cc(Cl)cc(CN)c1OCCCO. The van der Waals surface area contributed by atoms with E-state index in [9.17, 15) is 0 Å². The number of aliphatic hydroxyl groups excluding tert-OH is 1. The van der Waals surface area contributed by atoms with Crippen molar-refractivity contribution in [1.29, 1.82) is 0 Å². The molecule has 1 aromatic carbocycles. The van der Waals surface area contributed by atoms with E-state index in [0.717, 1.165) is 5.56 Å². The summed E-state index contributed by atoms with van der Waals surface area (Å²) in [5.74, 6) is 1.16. The number of aliphatic hydroxyl groups is 1. The Morgan fingerprint density at radius 2 is 2.19 bits per heavy atom. The molecule has 1 aromatic rings. The molecule has 0 aliphatic carbocycles. The average Bonchev–Trinajstić information content (AvgIpc) is 2.30. The lowest BCUT2D eigenvalue weighted by atomic mass is 10.2. The van der Waals surface area contributed by atoms with Gasteiger partial charge in [-0.05, 0) is 6.07 Å². The van der Waals surface area contributed by atoms with Gasteiger partial charge in [-0.3, -0.25) is 0 Å². The third-order valence-electron chi connectivity index (χ3n) is 2.09. The van der Waals surface area contributed by atoms with Gasteiger partial charge in [0, 0.05) is 36.2 Å². The molecule has 3 N–H and O–H groups in total. The molecule has 1 rings (SSSR count). The molecule has 0 atom stereocenters. The van der Waals surface area contributed by atoms with Crippen LogP contribution in [0.2, 0.25) is 5.02 Å². The van der Waals surface area contributed by atoms with Crippen molar-refractivity contribution in [2.75, 3.05) is 20.3 Å². The zero-order valence-corrected chi connectivity index (χ0v) is 9.96. The smallest absolute Gasteiger partial charge is 0.165 e. The molecule has 0 aromatic heterocycles. The molecule has 16 heavy (non-hydrogen) atoms. The predicted octanol–water partition coefficient (Wildman–Crippen LogP) is 1.57. The number of hydrogen-bond acceptors (Lipinski definition) is 4. The predicted molar refractivity (Wildman–Crippen MR) is 63.1 cm³/mol. The Kier molecular flexibility index (Phi) is 5.38. The summed E-state index contributed by atoms with van der Waals surface area (Å²) in [5, 5.41) is 9.25. The van der Waals surface area contributed by atoms with Crippen molar-refractivity contribution in [3.8, 4) is 11.5 Å². The van der Waals surface area contributed by atoms with Crippen molar-refractivity contribution in [2.45, 2.75) is 13.0 Å². The first kappa shape index (κ1) is 13.1. The molecule has 4 nitrogen and oxygen atoms in total. The first-order chi connectivity index (χ1) is 7.72. The van der Waals surface area contributed by atoms with Crippen molar-refractivity contribution in [3.05, 3.63) is 22.7 Å². The van der Waals surface area contributed by atoms with Crippen molar-refractivity contribution in [3.63, 3.8) is 0 Å². The Labute approximate surface area is 99.9 Å². The highest BCUT2D eigenvalue weighted by Crippen LogP contribution is 2.34. The molecular formula is C11H16ClNO3. The maximum absolute atomic E-state index is 8.68. The first-order valence-corrected chi connectivity index (χ1v) is 5.40. The van der Waals surface area contributed by atoms with E-state index in [2.05, 4.69) is 0 Å². The number of methoxy groups -OCH3 is 1. The van der Waals surface area contributed by atoms with Crippen LogP contribution in [0.25, 0.3) is 0 Å². The molecule has 90 valence electrons. The summed E-state index contributed by atoms with van der Waals surface area (Å²) in [6.07, 6.45) is 0.565. The van der Waals surface area contributed by atoms with E-state index in [1.165, 1.54) is 0 Å². The van der Waals surface area contributed by atoms with Crippen LogP contribution in [-0.4, -0.2) is 25.4 Å². The molecular weight excluding hydrogens is 230 g/mol. The minimum atomic E-state index is 0.0911. The third-order valence-corrected chi connectivity index (χ3v) is 2.30. The number of nitrogens with two attached hydrogens (primary N) is 1. The van der Waals surface area contributed by atoms with Gasteiger partial charge in [0.25, 0.3) is 0 Å². The fourth-order valence-electron chi connectivity index (χ4n) is 1.33. The summed E-state index contributed by atoms with van der Waals surface area (Å²) >= 11 is 5.91. The molecule has 0 amide bonds. The van der Waals surface area contributed by atoms with E-state index in [4.69, 9.17) is 31.9 Å². The second kappa shape index (κ2) is 6.58. The second-order valence-corrected chi connectivity index (χ2v) is 3.66. The van der Waals surface area contributed by atoms with E-state index < -0.39 is 0 Å². The number of rotatable bonds is 6. The van der Waals surface area contributed by atoms with E-state index in [0.29, 0.717) is 36.1 Å². The Balaban J connectivity index is 2.93. The van der Waals surface area contributed by atoms with Crippen LogP contribution in [0.3, 0.4) is 0 Å². The molecule has 0 heterocycles. The molecule has 0 bridgehead atoms. The first-order valence-electron chi connectivity index (χ1n) is 5.03. The van der Waals surface area contributed by atoms with Gasteiger partial charge in [-0.25, -0.2) is 0 Å². The fraction of sp³-hybridized carbons (Fsp3) is 0.455. The molecule has 0 aliphatic rings. The number of ether oxygens (including phenoxy) is 2. The lowest BCUT2D eigenvalue weighted by Crippen LogP contribution is -2.06. The van der Waals surface area contributed by atoms with Gasteiger partial charge in [0.05, 0.1) is 13.7 Å². The van der Waals surface area contributed by atoms with Crippen LogP contribution in [0.5, 0.6) is 11.5 Å². The van der Waals surface area contributed by atoms with E-state index in [1.54, 1.807) is 19.2 Å². The second-order valence-electron chi connectivity index (χ2n) is 3.23. The summed E-state index contributed by atoms with van der Waals surface area (Å²) < 4.78 is 10.7. The van der Waals surface area contributed by atoms with Crippen LogP contribution in [-0.2, 0) is 6.54 Å². The molecule has 0 unspecified atom stereocenters. The topological polar surface area (TPSA) is 64.7 Å². The van der Waals surface area contributed by atoms with Crippen LogP contribution in [0.4, 0.5) is 0 Å². The summed E-state index contributed by atoms with van der Waals surface area (Å²) in [4.78, 5) is 0. The van der Waals surface area contributed by atoms with Gasteiger partial charge in [0.1, 0.15) is 0 Å². The summed E-state index contributed by atoms with van der Waals surface area (Å²) in [7, 11) is 1.55. The highest BCUT2D eigenvalue weighted by atomic mass is 35.5. The van der Waals surface area contributed by atoms with Crippen LogP contribution < -0.4 is 15.2 Å². The summed E-state index contributed by atoms with van der Waals surface area (Å²) in [5.41, 5.74) is 6.40. The Bertz CT molecular complexity index is 319. The quantitative estimate of drug-likeness (QED) is 0.747. The molecule has 0 spiro atoms. The average molecular weight is 246 g/mol. The monoisotopic (exact) mass is 245 g/mol. The zero-order chi connectivity index (χ0) is 12.0. The lowest BCUT2D eigenvalue weighted by Gasteiger charge is -2.14. The Morgan fingerprint density at radius 1 is 1.44 bits per heavy atom. The highest BCUT2D eigenvalue weighted by Gasteiger charge is 2.11. The normalized spacial score (nSPS) is 10.2. The molecule has 0 saturated carbocycles. The fourth-order valence-corrected chi connectivity index (χ4v) is 1.56. The van der Waals surface area contributed by atoms with Crippen LogP contribution in [0.1, 0.15) is 12.0 Å². The van der Waals surface area contributed by atoms with Crippen LogP contribution >= 0.6 is 11.6 Å². The standard InChI is InChI=1S/C11H16ClNO3/c1-15-10-6-9(12)5-8(7-13)11(10)16-4-2-3-14/h5-6,14H,2-4,7,13H2,1H3. The van der Waals surface area contributed by atoms with Gasteiger partial charge in [0.15, 0.2) is 11.5 Å². The van der Waals surface area contributed by atoms with Gasteiger partial charge in [-0.1, -0.05) is 11.6 Å². The van der Waals surface area contributed by atoms with Gasteiger partial charge < -0.3 is 20.3 Å². The summed E-state index contributed by atoms with van der Waals surface area (Å²) in [6.45, 7) is 0.834. The maximum Gasteiger partial charge on any atom is 0.165 e. The molecule has 5 heteroatoms. The van der Waals surface area contributed by atoms with E-state index in [1.807, 2.05) is 0 Å². The van der Waals surface area contributed by atoms with E-state index >= 15 is 0 Å². The Hall–Kier alpha value is -0.970. The number of halogens is 1. The molecule has 0 fully saturated rings. The minimum absolute atomic E-state index is 0.0911. The molecule has 0 radical (unpaired) electrons.